The van der Waals surface area contributed by atoms with E-state index in [0.29, 0.717) is 23.0 Å². The van der Waals surface area contributed by atoms with Crippen LogP contribution in [-0.2, 0) is 6.73 Å². The molecule has 1 aromatic heterocycles. The van der Waals surface area contributed by atoms with Gasteiger partial charge >= 0.3 is 0 Å². The Kier molecular flexibility index (Phi) is 7.30. The molecule has 1 N–H and O–H groups in total. The molecule has 0 saturated heterocycles. The van der Waals surface area contributed by atoms with Crippen molar-refractivity contribution in [2.75, 3.05) is 19.5 Å². The highest BCUT2D eigenvalue weighted by Gasteiger charge is 2.16. The van der Waals surface area contributed by atoms with Gasteiger partial charge in [0.1, 0.15) is 28.7 Å². The molecule has 0 aliphatic carbocycles. The lowest BCUT2D eigenvalue weighted by Crippen LogP contribution is -2.14. The van der Waals surface area contributed by atoms with Crippen LogP contribution in [0, 0.1) is 10.1 Å². The van der Waals surface area contributed by atoms with Crippen molar-refractivity contribution in [3.8, 4) is 28.7 Å². The largest absolute Gasteiger partial charge is 0.497 e. The fourth-order valence-electron chi connectivity index (χ4n) is 3.16. The Bertz CT molecular complexity index is 1350. The molecule has 4 aromatic rings. The first-order valence-electron chi connectivity index (χ1n) is 10.7. The van der Waals surface area contributed by atoms with Crippen LogP contribution in [0.4, 0.5) is 11.4 Å². The Morgan fingerprint density at radius 3 is 2.11 bits per heavy atom. The minimum absolute atomic E-state index is 0.0796. The quantitative estimate of drug-likeness (QED) is 0.246. The highest BCUT2D eigenvalue weighted by atomic mass is 16.6. The number of rotatable bonds is 10. The Labute approximate surface area is 205 Å². The summed E-state index contributed by atoms with van der Waals surface area (Å²) in [4.78, 5) is 23.6. The summed E-state index contributed by atoms with van der Waals surface area (Å²) in [6.45, 7) is 0.0796. The van der Waals surface area contributed by atoms with Crippen LogP contribution in [0.25, 0.3) is 0 Å². The summed E-state index contributed by atoms with van der Waals surface area (Å²) in [7, 11) is 3.12. The predicted molar refractivity (Wildman–Crippen MR) is 130 cm³/mol. The van der Waals surface area contributed by atoms with Crippen molar-refractivity contribution in [3.05, 3.63) is 94.8 Å². The number of aromatic nitrogens is 2. The van der Waals surface area contributed by atoms with Crippen molar-refractivity contribution in [1.82, 2.24) is 9.78 Å². The second kappa shape index (κ2) is 10.9. The highest BCUT2D eigenvalue weighted by Crippen LogP contribution is 2.30. The first kappa shape index (κ1) is 24.1. The van der Waals surface area contributed by atoms with Crippen molar-refractivity contribution in [3.63, 3.8) is 0 Å². The predicted octanol–water partition coefficient (Wildman–Crippen LogP) is 4.89. The minimum atomic E-state index is -0.568. The van der Waals surface area contributed by atoms with Gasteiger partial charge in [-0.05, 0) is 54.6 Å². The molecular formula is C25H22N4O7. The molecule has 0 fully saturated rings. The third kappa shape index (κ3) is 6.08. The number of nitrogens with zero attached hydrogens (tertiary/aromatic N) is 3. The zero-order valence-electron chi connectivity index (χ0n) is 19.4. The molecule has 11 heteroatoms. The standard InChI is InChI=1S/C25H22N4O7/c1-33-19-3-7-21(8-4-19)35-16-28-12-11-24(27-28)25(30)26-17-13-18(29(31)32)15-23(14-17)36-22-9-5-20(34-2)6-10-22/h3-15H,16H2,1-2H3,(H,26,30). The number of nitro groups is 1. The molecule has 11 nitrogen and oxygen atoms in total. The summed E-state index contributed by atoms with van der Waals surface area (Å²) in [5.74, 6) is 2.04. The summed E-state index contributed by atoms with van der Waals surface area (Å²) < 4.78 is 23.0. The maximum absolute atomic E-state index is 12.7. The molecule has 1 heterocycles. The SMILES string of the molecule is COc1ccc(OCn2ccc(C(=O)Nc3cc(Oc4ccc(OC)cc4)cc([N+](=O)[O-])c3)n2)cc1. The molecule has 36 heavy (non-hydrogen) atoms. The van der Waals surface area contributed by atoms with Gasteiger partial charge in [0.05, 0.1) is 30.9 Å². The van der Waals surface area contributed by atoms with E-state index >= 15 is 0 Å². The monoisotopic (exact) mass is 490 g/mol. The number of anilines is 1. The van der Waals surface area contributed by atoms with Crippen LogP contribution in [0.15, 0.2) is 79.0 Å². The average molecular weight is 490 g/mol. The Balaban J connectivity index is 1.43. The van der Waals surface area contributed by atoms with Crippen molar-refractivity contribution >= 4 is 17.3 Å². The molecule has 0 unspecified atom stereocenters. The van der Waals surface area contributed by atoms with Gasteiger partial charge < -0.3 is 24.3 Å². The van der Waals surface area contributed by atoms with Crippen LogP contribution in [-0.4, -0.2) is 34.8 Å². The van der Waals surface area contributed by atoms with Crippen molar-refractivity contribution in [2.45, 2.75) is 6.73 Å². The molecule has 0 radical (unpaired) electrons. The van der Waals surface area contributed by atoms with Gasteiger partial charge in [0.25, 0.3) is 11.6 Å². The molecule has 0 atom stereocenters. The molecule has 0 spiro atoms. The second-order valence-corrected chi connectivity index (χ2v) is 7.39. The number of hydrogen-bond acceptors (Lipinski definition) is 8. The topological polar surface area (TPSA) is 127 Å². The van der Waals surface area contributed by atoms with Crippen molar-refractivity contribution in [1.29, 1.82) is 0 Å². The maximum Gasteiger partial charge on any atom is 0.276 e. The van der Waals surface area contributed by atoms with E-state index in [1.165, 1.54) is 28.9 Å². The van der Waals surface area contributed by atoms with Crippen LogP contribution in [0.5, 0.6) is 28.7 Å². The van der Waals surface area contributed by atoms with E-state index in [-0.39, 0.29) is 29.5 Å². The third-order valence-electron chi connectivity index (χ3n) is 4.95. The first-order valence-corrected chi connectivity index (χ1v) is 10.7. The Morgan fingerprint density at radius 1 is 0.889 bits per heavy atom. The van der Waals surface area contributed by atoms with Crippen LogP contribution < -0.4 is 24.3 Å². The van der Waals surface area contributed by atoms with E-state index in [1.807, 2.05) is 0 Å². The second-order valence-electron chi connectivity index (χ2n) is 7.39. The zero-order valence-corrected chi connectivity index (χ0v) is 19.4. The van der Waals surface area contributed by atoms with Crippen molar-refractivity contribution < 1.29 is 28.7 Å². The number of methoxy groups -OCH3 is 2. The first-order chi connectivity index (χ1) is 17.4. The Morgan fingerprint density at radius 2 is 1.50 bits per heavy atom. The summed E-state index contributed by atoms with van der Waals surface area (Å²) in [6.07, 6.45) is 1.59. The fourth-order valence-corrected chi connectivity index (χ4v) is 3.16. The lowest BCUT2D eigenvalue weighted by molar-refractivity contribution is -0.384. The zero-order chi connectivity index (χ0) is 25.5. The Hall–Kier alpha value is -5.06. The number of ether oxygens (including phenoxy) is 4. The molecule has 4 rings (SSSR count). The lowest BCUT2D eigenvalue weighted by Gasteiger charge is -2.09. The van der Waals surface area contributed by atoms with Crippen LogP contribution in [0.1, 0.15) is 10.5 Å². The normalized spacial score (nSPS) is 10.4. The van der Waals surface area contributed by atoms with Gasteiger partial charge in [0.2, 0.25) is 0 Å². The summed E-state index contributed by atoms with van der Waals surface area (Å²) in [5.41, 5.74) is 0.0499. The number of benzene rings is 3. The number of nitrogens with one attached hydrogen (secondary N) is 1. The van der Waals surface area contributed by atoms with E-state index in [1.54, 1.807) is 68.9 Å². The number of carbonyl (C=O) groups is 1. The number of amides is 1. The number of hydrogen-bond donors (Lipinski definition) is 1. The molecule has 3 aromatic carbocycles. The van der Waals surface area contributed by atoms with Gasteiger partial charge in [0, 0.05) is 18.3 Å². The van der Waals surface area contributed by atoms with E-state index < -0.39 is 10.8 Å². The summed E-state index contributed by atoms with van der Waals surface area (Å²) in [5, 5.41) is 18.2. The molecule has 0 bridgehead atoms. The molecule has 184 valence electrons. The minimum Gasteiger partial charge on any atom is -0.497 e. The van der Waals surface area contributed by atoms with Gasteiger partial charge in [-0.15, -0.1) is 0 Å². The van der Waals surface area contributed by atoms with Crippen LogP contribution >= 0.6 is 0 Å². The van der Waals surface area contributed by atoms with E-state index in [4.69, 9.17) is 18.9 Å². The van der Waals surface area contributed by atoms with Gasteiger partial charge in [-0.3, -0.25) is 14.9 Å². The molecule has 0 aliphatic rings. The van der Waals surface area contributed by atoms with Crippen molar-refractivity contribution in [2.24, 2.45) is 0 Å². The molecular weight excluding hydrogens is 468 g/mol. The lowest BCUT2D eigenvalue weighted by atomic mass is 10.2. The molecule has 1 amide bonds. The number of non-ortho nitro benzene ring substituents is 1. The number of nitro benzene ring substituents is 1. The van der Waals surface area contributed by atoms with Gasteiger partial charge in [0.15, 0.2) is 12.4 Å². The molecule has 0 saturated carbocycles. The maximum atomic E-state index is 12.7. The van der Waals surface area contributed by atoms with Gasteiger partial charge in [-0.25, -0.2) is 4.68 Å². The fraction of sp³-hybridized carbons (Fsp3) is 0.120. The highest BCUT2D eigenvalue weighted by molar-refractivity contribution is 6.03. The average Bonchev–Trinajstić information content (AvgIpc) is 3.37. The van der Waals surface area contributed by atoms with E-state index in [2.05, 4.69) is 10.4 Å². The van der Waals surface area contributed by atoms with E-state index in [0.717, 1.165) is 0 Å². The van der Waals surface area contributed by atoms with Gasteiger partial charge in [-0.2, -0.15) is 5.10 Å². The molecule has 0 aliphatic heterocycles. The van der Waals surface area contributed by atoms with E-state index in [9.17, 15) is 14.9 Å². The smallest absolute Gasteiger partial charge is 0.276 e. The van der Waals surface area contributed by atoms with Crippen LogP contribution in [0.2, 0.25) is 0 Å². The third-order valence-corrected chi connectivity index (χ3v) is 4.95. The number of carbonyl (C=O) groups excluding carboxylic acids is 1. The van der Waals surface area contributed by atoms with Crippen LogP contribution in [0.3, 0.4) is 0 Å². The summed E-state index contributed by atoms with van der Waals surface area (Å²) >= 11 is 0. The van der Waals surface area contributed by atoms with Gasteiger partial charge in [-0.1, -0.05) is 0 Å². The summed E-state index contributed by atoms with van der Waals surface area (Å²) in [6, 6.07) is 19.3.